The van der Waals surface area contributed by atoms with E-state index in [-0.39, 0.29) is 57.1 Å². The Kier molecular flexibility index (Phi) is 38.5. The number of hydrogen-bond donors (Lipinski definition) is 18. The van der Waals surface area contributed by atoms with Gasteiger partial charge in [-0.15, -0.1) is 0 Å². The minimum absolute atomic E-state index is 0.0346. The number of nitrogens with two attached hydrogens (primary N) is 5. The minimum Gasteiger partial charge on any atom is -0.481 e. The number of carbonyl (C=O) groups is 11. The summed E-state index contributed by atoms with van der Waals surface area (Å²) in [7, 11) is 0. The van der Waals surface area contributed by atoms with E-state index in [0.29, 0.717) is 50.6 Å². The summed E-state index contributed by atoms with van der Waals surface area (Å²) in [5.41, 5.74) is 28.6. The van der Waals surface area contributed by atoms with E-state index in [0.717, 1.165) is 6.92 Å². The van der Waals surface area contributed by atoms with Crippen molar-refractivity contribution in [1.82, 2.24) is 47.9 Å². The summed E-state index contributed by atoms with van der Waals surface area (Å²) in [6, 6.07) is -3.49. The van der Waals surface area contributed by atoms with Crippen LogP contribution in [-0.2, 0) is 59.2 Å². The van der Waals surface area contributed by atoms with Crippen LogP contribution in [-0.4, -0.2) is 185 Å². The Morgan fingerprint density at radius 3 is 1.55 bits per heavy atom. The highest BCUT2D eigenvalue weighted by molar-refractivity contribution is 5.98. The van der Waals surface area contributed by atoms with Gasteiger partial charge in [-0.05, 0) is 101 Å². The lowest BCUT2D eigenvalue weighted by Gasteiger charge is -2.29. The van der Waals surface area contributed by atoms with Gasteiger partial charge in [0, 0.05) is 19.9 Å². The number of rotatable bonds is 40. The van der Waals surface area contributed by atoms with Crippen molar-refractivity contribution >= 4 is 71.1 Å². The molecular weight excluding hydrogens is 1110 g/mol. The molecule has 1 aromatic rings. The molecule has 11 atom stereocenters. The molecule has 0 aromatic heterocycles. The lowest BCUT2D eigenvalue weighted by molar-refractivity contribution is -0.143. The molecule has 9 amide bonds. The smallest absolute Gasteiger partial charge is 0.326 e. The lowest BCUT2D eigenvalue weighted by Crippen LogP contribution is -2.62. The van der Waals surface area contributed by atoms with Crippen LogP contribution in [0.2, 0.25) is 0 Å². The van der Waals surface area contributed by atoms with Crippen LogP contribution < -0.4 is 76.5 Å². The van der Waals surface area contributed by atoms with Crippen molar-refractivity contribution in [3.8, 4) is 0 Å². The van der Waals surface area contributed by atoms with Gasteiger partial charge in [0.05, 0.1) is 25.3 Å². The van der Waals surface area contributed by atoms with Crippen LogP contribution in [0.25, 0.3) is 0 Å². The van der Waals surface area contributed by atoms with Crippen LogP contribution in [0, 0.1) is 17.8 Å². The number of aliphatic hydroxyl groups is 2. The van der Waals surface area contributed by atoms with E-state index in [4.69, 9.17) is 38.6 Å². The molecule has 11 unspecified atom stereocenters. The molecule has 0 aliphatic carbocycles. The molecule has 482 valence electrons. The van der Waals surface area contributed by atoms with Crippen molar-refractivity contribution in [3.05, 3.63) is 35.9 Å². The van der Waals surface area contributed by atoms with E-state index in [1.165, 1.54) is 6.92 Å². The molecule has 30 nitrogen and oxygen atoms in total. The van der Waals surface area contributed by atoms with Crippen LogP contribution in [0.1, 0.15) is 125 Å². The molecule has 0 heterocycles. The number of carboxylic acid groups (broad SMARTS) is 2. The average Bonchev–Trinajstić information content (AvgIpc) is 3.64. The first-order valence-electron chi connectivity index (χ1n) is 28.6. The number of benzene rings is 1. The van der Waals surface area contributed by atoms with Crippen molar-refractivity contribution in [3.63, 3.8) is 0 Å². The normalized spacial score (nSPS) is 14.9. The summed E-state index contributed by atoms with van der Waals surface area (Å²) in [6.07, 6.45) is 1.16. The first-order chi connectivity index (χ1) is 39.9. The summed E-state index contributed by atoms with van der Waals surface area (Å²) in [5.74, 6) is -11.1. The summed E-state index contributed by atoms with van der Waals surface area (Å²) >= 11 is 0. The zero-order chi connectivity index (χ0) is 64.9. The maximum Gasteiger partial charge on any atom is 0.326 e. The summed E-state index contributed by atoms with van der Waals surface area (Å²) < 4.78 is 0. The number of nitrogens with zero attached hydrogens (tertiary/aromatic N) is 1. The molecule has 0 spiro atoms. The molecule has 1 aromatic carbocycles. The van der Waals surface area contributed by atoms with Crippen LogP contribution in [0.4, 0.5) is 0 Å². The molecule has 0 bridgehead atoms. The first kappa shape index (κ1) is 77.5. The molecule has 1 rings (SSSR count). The van der Waals surface area contributed by atoms with Gasteiger partial charge >= 0.3 is 5.97 Å². The molecular formula is C55H97N15O15. The molecule has 0 aliphatic heterocycles. The standard InChI is InChI=1S/C53H93N15O13.C2H4O2/c1-8-31(6)42(50(78)61-35(20-12-14-22-54)45(73)60-27-40(71)66-43(32(7)70)51(79)62-36(52(80)81)21-13-15-23-55)68-47(75)38(26-33-17-10-9-11-18-33)63-48(76)39(28-69)65-46(74)37(25-29(2)3)64-49(77)41(30(4)5)67-44(72)34(56)19-16-24-59-53(57)58;1-2(3)4/h9-11,17-18,29-32,34-39,41-43,69-70H,8,12-16,19-28,54-56H2,1-7H3,(H,60,73)(H,61,78)(H,62,79)(H,63,76)(H,64,77)(H,65,74)(H,66,71)(H,67,72)(H,68,75)(H,80,81)(H4,57,58,59);1H3,(H,3,4). The number of amides is 9. The third-order valence-corrected chi connectivity index (χ3v) is 13.1. The Morgan fingerprint density at radius 1 is 0.565 bits per heavy atom. The maximum absolute atomic E-state index is 14.4. The van der Waals surface area contributed by atoms with Crippen molar-refractivity contribution in [2.75, 3.05) is 32.8 Å². The molecule has 85 heavy (non-hydrogen) atoms. The van der Waals surface area contributed by atoms with E-state index in [2.05, 4.69) is 52.8 Å². The third-order valence-electron chi connectivity index (χ3n) is 13.1. The number of carbonyl (C=O) groups excluding carboxylic acids is 9. The summed E-state index contributed by atoms with van der Waals surface area (Å²) in [6.45, 7) is 11.8. The quantitative estimate of drug-likeness (QED) is 0.0170. The SMILES string of the molecule is CC(=O)O.CCC(C)C(NC(=O)C(Cc1ccccc1)NC(=O)C(CO)NC(=O)C(CC(C)C)NC(=O)C(NC(=O)C(N)CCCN=C(N)N)C(C)C)C(=O)NC(CCCCN)C(=O)NCC(=O)NC(C(=O)NC(CCCCN)C(=O)O)C(C)O. The van der Waals surface area contributed by atoms with Crippen molar-refractivity contribution < 1.29 is 73.2 Å². The van der Waals surface area contributed by atoms with Gasteiger partial charge in [0.2, 0.25) is 53.2 Å². The second kappa shape index (κ2) is 42.3. The van der Waals surface area contributed by atoms with Crippen molar-refractivity contribution in [2.24, 2.45) is 51.4 Å². The van der Waals surface area contributed by atoms with Crippen LogP contribution in [0.15, 0.2) is 35.3 Å². The van der Waals surface area contributed by atoms with E-state index in [1.807, 2.05) is 0 Å². The van der Waals surface area contributed by atoms with Gasteiger partial charge in [-0.25, -0.2) is 4.79 Å². The van der Waals surface area contributed by atoms with E-state index in [9.17, 15) is 63.3 Å². The molecule has 0 saturated carbocycles. The third kappa shape index (κ3) is 32.4. The largest absolute Gasteiger partial charge is 0.481 e. The fourth-order valence-corrected chi connectivity index (χ4v) is 8.12. The number of aliphatic hydroxyl groups excluding tert-OH is 2. The highest BCUT2D eigenvalue weighted by Gasteiger charge is 2.36. The average molecular weight is 1210 g/mol. The Balaban J connectivity index is 0.0000170. The van der Waals surface area contributed by atoms with Gasteiger partial charge < -0.3 is 96.9 Å². The highest BCUT2D eigenvalue weighted by Crippen LogP contribution is 2.14. The maximum atomic E-state index is 14.4. The minimum atomic E-state index is -1.66. The molecule has 30 heteroatoms. The van der Waals surface area contributed by atoms with E-state index < -0.39 is 151 Å². The number of hydrogen-bond acceptors (Lipinski definition) is 17. The van der Waals surface area contributed by atoms with Crippen LogP contribution in [0.5, 0.6) is 0 Å². The fraction of sp³-hybridized carbons (Fsp3) is 0.673. The lowest BCUT2D eigenvalue weighted by atomic mass is 9.96. The van der Waals surface area contributed by atoms with Gasteiger partial charge in [-0.2, -0.15) is 0 Å². The second-order valence-electron chi connectivity index (χ2n) is 21.4. The second-order valence-corrected chi connectivity index (χ2v) is 21.4. The van der Waals surface area contributed by atoms with Gasteiger partial charge in [0.25, 0.3) is 5.97 Å². The van der Waals surface area contributed by atoms with Crippen molar-refractivity contribution in [1.29, 1.82) is 0 Å². The van der Waals surface area contributed by atoms with Gasteiger partial charge in [-0.1, -0.05) is 78.3 Å². The summed E-state index contributed by atoms with van der Waals surface area (Å²) in [5, 5.41) is 60.6. The van der Waals surface area contributed by atoms with E-state index in [1.54, 1.807) is 71.9 Å². The predicted molar refractivity (Wildman–Crippen MR) is 316 cm³/mol. The molecule has 0 saturated heterocycles. The molecule has 23 N–H and O–H groups in total. The zero-order valence-corrected chi connectivity index (χ0v) is 50.3. The van der Waals surface area contributed by atoms with Crippen molar-refractivity contribution in [2.45, 2.75) is 186 Å². The Hall–Kier alpha value is -7.54. The number of guanidine groups is 1. The Labute approximate surface area is 497 Å². The molecule has 0 aliphatic rings. The predicted octanol–water partition coefficient (Wildman–Crippen LogP) is -3.84. The number of aliphatic imine (C=N–C) groups is 1. The van der Waals surface area contributed by atoms with E-state index >= 15 is 0 Å². The Morgan fingerprint density at radius 2 is 1.05 bits per heavy atom. The van der Waals surface area contributed by atoms with Gasteiger partial charge in [0.15, 0.2) is 5.96 Å². The number of carboxylic acids is 2. The Bertz CT molecular complexity index is 2300. The van der Waals surface area contributed by atoms with Crippen LogP contribution in [0.3, 0.4) is 0 Å². The number of aliphatic carboxylic acids is 2. The molecule has 0 radical (unpaired) electrons. The topological polar surface area (TPSA) is 519 Å². The van der Waals surface area contributed by atoms with Gasteiger partial charge in [-0.3, -0.25) is 52.9 Å². The highest BCUT2D eigenvalue weighted by atomic mass is 16.4. The summed E-state index contributed by atoms with van der Waals surface area (Å²) in [4.78, 5) is 148. The number of nitrogens with one attached hydrogen (secondary N) is 9. The first-order valence-corrected chi connectivity index (χ1v) is 28.6. The van der Waals surface area contributed by atoms with Gasteiger partial charge in [0.1, 0.15) is 48.3 Å². The fourth-order valence-electron chi connectivity index (χ4n) is 8.12. The molecule has 0 fully saturated rings. The monoisotopic (exact) mass is 1210 g/mol. The van der Waals surface area contributed by atoms with Crippen LogP contribution >= 0.6 is 0 Å². The zero-order valence-electron chi connectivity index (χ0n) is 50.3. The number of unbranched alkanes of at least 4 members (excludes halogenated alkanes) is 2.